The number of aliphatic imine (C=N–C) groups is 1. The normalized spacial score (nSPS) is 27.2. The number of imidazole rings is 1. The zero-order chi connectivity index (χ0) is 11.4. The van der Waals surface area contributed by atoms with Gasteiger partial charge in [-0.25, -0.2) is 4.98 Å². The van der Waals surface area contributed by atoms with Gasteiger partial charge < -0.3 is 9.88 Å². The first-order valence-corrected chi connectivity index (χ1v) is 6.61. The first kappa shape index (κ1) is 11.5. The van der Waals surface area contributed by atoms with E-state index in [2.05, 4.69) is 29.1 Å². The van der Waals surface area contributed by atoms with Crippen LogP contribution in [0.2, 0.25) is 0 Å². The van der Waals surface area contributed by atoms with Gasteiger partial charge in [0.1, 0.15) is 0 Å². The first-order chi connectivity index (χ1) is 7.72. The van der Waals surface area contributed by atoms with Crippen LogP contribution >= 0.6 is 11.8 Å². The molecule has 0 aliphatic carbocycles. The van der Waals surface area contributed by atoms with Gasteiger partial charge in [-0.3, -0.25) is 4.99 Å². The molecule has 16 heavy (non-hydrogen) atoms. The summed E-state index contributed by atoms with van der Waals surface area (Å²) >= 11 is 1.83. The molecule has 0 radical (unpaired) electrons. The fraction of sp³-hybridized carbons (Fsp3) is 0.636. The summed E-state index contributed by atoms with van der Waals surface area (Å²) < 4.78 is 2.04. The Labute approximate surface area is 101 Å². The highest BCUT2D eigenvalue weighted by molar-refractivity contribution is 8.14. The van der Waals surface area contributed by atoms with Gasteiger partial charge in [-0.05, 0) is 13.3 Å². The third-order valence-corrected chi connectivity index (χ3v) is 4.18. The highest BCUT2D eigenvalue weighted by Crippen LogP contribution is 2.25. The molecule has 1 unspecified atom stereocenters. The van der Waals surface area contributed by atoms with Gasteiger partial charge in [0.25, 0.3) is 0 Å². The molecule has 2 heterocycles. The third-order valence-electron chi connectivity index (χ3n) is 2.89. The Hall–Kier alpha value is -0.970. The van der Waals surface area contributed by atoms with Gasteiger partial charge in [0.05, 0.1) is 12.9 Å². The van der Waals surface area contributed by atoms with Crippen LogP contribution in [-0.4, -0.2) is 32.6 Å². The van der Waals surface area contributed by atoms with Crippen molar-refractivity contribution < 1.29 is 0 Å². The van der Waals surface area contributed by atoms with Gasteiger partial charge >= 0.3 is 0 Å². The average molecular weight is 238 g/mol. The summed E-state index contributed by atoms with van der Waals surface area (Å²) in [6, 6.07) is 0. The largest absolute Gasteiger partial charge is 0.359 e. The number of hydrogen-bond acceptors (Lipinski definition) is 3. The molecule has 4 nitrogen and oxygen atoms in total. The fourth-order valence-corrected chi connectivity index (χ4v) is 2.75. The second-order valence-corrected chi connectivity index (χ2v) is 5.28. The van der Waals surface area contributed by atoms with Crippen molar-refractivity contribution in [3.63, 3.8) is 0 Å². The van der Waals surface area contributed by atoms with Crippen molar-refractivity contribution in [1.29, 1.82) is 0 Å². The molecule has 88 valence electrons. The van der Waals surface area contributed by atoms with Crippen molar-refractivity contribution in [2.24, 2.45) is 4.99 Å². The van der Waals surface area contributed by atoms with E-state index in [1.54, 1.807) is 6.20 Å². The lowest BCUT2D eigenvalue weighted by Crippen LogP contribution is -2.39. The van der Waals surface area contributed by atoms with E-state index in [1.807, 2.05) is 28.9 Å². The van der Waals surface area contributed by atoms with Crippen LogP contribution in [0, 0.1) is 0 Å². The molecular weight excluding hydrogens is 220 g/mol. The van der Waals surface area contributed by atoms with Crippen molar-refractivity contribution in [3.8, 4) is 0 Å². The smallest absolute Gasteiger partial charge is 0.157 e. The Balaban J connectivity index is 1.81. The highest BCUT2D eigenvalue weighted by Gasteiger charge is 2.30. The number of aromatic nitrogens is 2. The Kier molecular flexibility index (Phi) is 3.53. The summed E-state index contributed by atoms with van der Waals surface area (Å²) in [5, 5.41) is 4.57. The van der Waals surface area contributed by atoms with Crippen LogP contribution in [0.4, 0.5) is 0 Å². The summed E-state index contributed by atoms with van der Waals surface area (Å²) in [4.78, 5) is 8.56. The monoisotopic (exact) mass is 238 g/mol. The van der Waals surface area contributed by atoms with Gasteiger partial charge in [-0.15, -0.1) is 0 Å². The fourth-order valence-electron chi connectivity index (χ4n) is 1.52. The molecule has 5 heteroatoms. The van der Waals surface area contributed by atoms with E-state index in [1.165, 1.54) is 0 Å². The number of nitrogens with one attached hydrogen (secondary N) is 1. The van der Waals surface area contributed by atoms with E-state index >= 15 is 0 Å². The molecule has 1 fully saturated rings. The predicted molar refractivity (Wildman–Crippen MR) is 68.8 cm³/mol. The van der Waals surface area contributed by atoms with E-state index in [0.717, 1.165) is 30.4 Å². The van der Waals surface area contributed by atoms with Crippen molar-refractivity contribution >= 4 is 16.9 Å². The van der Waals surface area contributed by atoms with Crippen molar-refractivity contribution in [1.82, 2.24) is 14.9 Å². The molecule has 0 amide bonds. The minimum Gasteiger partial charge on any atom is -0.359 e. The third kappa shape index (κ3) is 2.78. The lowest BCUT2D eigenvalue weighted by atomic mass is 10.0. The Morgan fingerprint density at radius 2 is 2.56 bits per heavy atom. The van der Waals surface area contributed by atoms with E-state index < -0.39 is 0 Å². The van der Waals surface area contributed by atoms with Gasteiger partial charge in [0.2, 0.25) is 0 Å². The molecular formula is C11H18N4S. The van der Waals surface area contributed by atoms with Gasteiger partial charge in [0, 0.05) is 30.2 Å². The molecule has 0 saturated carbocycles. The average Bonchev–Trinajstić information content (AvgIpc) is 2.90. The molecule has 0 aromatic carbocycles. The summed E-state index contributed by atoms with van der Waals surface area (Å²) in [5.41, 5.74) is 0.235. The lowest BCUT2D eigenvalue weighted by molar-refractivity contribution is 0.466. The van der Waals surface area contributed by atoms with Crippen molar-refractivity contribution in [2.45, 2.75) is 32.4 Å². The quantitative estimate of drug-likeness (QED) is 0.869. The first-order valence-electron chi connectivity index (χ1n) is 5.63. The number of amidine groups is 1. The van der Waals surface area contributed by atoms with Crippen LogP contribution in [0.1, 0.15) is 20.3 Å². The molecule has 1 N–H and O–H groups in total. The SMILES string of the molecule is CCC1(C)CSC(=NCCn2ccnc2)N1. The Morgan fingerprint density at radius 1 is 1.69 bits per heavy atom. The van der Waals surface area contributed by atoms with E-state index in [0.29, 0.717) is 0 Å². The number of thioether (sulfide) groups is 1. The van der Waals surface area contributed by atoms with Crippen LogP contribution in [-0.2, 0) is 6.54 Å². The second kappa shape index (κ2) is 4.91. The van der Waals surface area contributed by atoms with E-state index in [-0.39, 0.29) is 5.54 Å². The maximum Gasteiger partial charge on any atom is 0.157 e. The number of rotatable bonds is 4. The maximum atomic E-state index is 4.56. The zero-order valence-corrected chi connectivity index (χ0v) is 10.6. The van der Waals surface area contributed by atoms with Gasteiger partial charge in [-0.1, -0.05) is 18.7 Å². The standard InChI is InChI=1S/C11H18N4S/c1-3-11(2)8-16-10(14-11)13-5-7-15-6-4-12-9-15/h4,6,9H,3,5,7-8H2,1-2H3,(H,13,14). The van der Waals surface area contributed by atoms with Crippen molar-refractivity contribution in [3.05, 3.63) is 18.7 Å². The van der Waals surface area contributed by atoms with Crippen LogP contribution in [0.3, 0.4) is 0 Å². The molecule has 2 rings (SSSR count). The molecule has 0 bridgehead atoms. The highest BCUT2D eigenvalue weighted by atomic mass is 32.2. The maximum absolute atomic E-state index is 4.56. The molecule has 1 aliphatic rings. The topological polar surface area (TPSA) is 42.2 Å². The minimum atomic E-state index is 0.235. The molecule has 1 aromatic heterocycles. The second-order valence-electron chi connectivity index (χ2n) is 4.32. The summed E-state index contributed by atoms with van der Waals surface area (Å²) in [7, 11) is 0. The Morgan fingerprint density at radius 3 is 3.19 bits per heavy atom. The van der Waals surface area contributed by atoms with Crippen LogP contribution < -0.4 is 5.32 Å². The summed E-state index contributed by atoms with van der Waals surface area (Å²) in [6.07, 6.45) is 6.72. The molecule has 1 aromatic rings. The molecule has 1 aliphatic heterocycles. The molecule has 0 spiro atoms. The molecule has 1 atom stereocenters. The lowest BCUT2D eigenvalue weighted by Gasteiger charge is -2.20. The van der Waals surface area contributed by atoms with Gasteiger partial charge in [0.15, 0.2) is 5.17 Å². The predicted octanol–water partition coefficient (Wildman–Crippen LogP) is 1.74. The molecule has 1 saturated heterocycles. The summed E-state index contributed by atoms with van der Waals surface area (Å²) in [5.74, 6) is 1.12. The van der Waals surface area contributed by atoms with Crippen LogP contribution in [0.5, 0.6) is 0 Å². The van der Waals surface area contributed by atoms with Crippen molar-refractivity contribution in [2.75, 3.05) is 12.3 Å². The number of hydrogen-bond donors (Lipinski definition) is 1. The zero-order valence-electron chi connectivity index (χ0n) is 9.81. The van der Waals surface area contributed by atoms with E-state index in [9.17, 15) is 0 Å². The Bertz CT molecular complexity index is 360. The number of nitrogens with zero attached hydrogens (tertiary/aromatic N) is 3. The minimum absolute atomic E-state index is 0.235. The van der Waals surface area contributed by atoms with E-state index in [4.69, 9.17) is 0 Å². The van der Waals surface area contributed by atoms with Crippen LogP contribution in [0.15, 0.2) is 23.7 Å². The van der Waals surface area contributed by atoms with Crippen LogP contribution in [0.25, 0.3) is 0 Å². The summed E-state index contributed by atoms with van der Waals surface area (Å²) in [6.45, 7) is 6.17. The van der Waals surface area contributed by atoms with Gasteiger partial charge in [-0.2, -0.15) is 0 Å².